The van der Waals surface area contributed by atoms with Crippen LogP contribution in [0, 0.1) is 0 Å². The van der Waals surface area contributed by atoms with Crippen LogP contribution in [0.3, 0.4) is 0 Å². The van der Waals surface area contributed by atoms with E-state index in [-0.39, 0.29) is 23.9 Å². The largest absolute Gasteiger partial charge is 0.329 e. The van der Waals surface area contributed by atoms with Gasteiger partial charge in [0.25, 0.3) is 5.91 Å². The van der Waals surface area contributed by atoms with Crippen molar-refractivity contribution in [2.45, 2.75) is 50.2 Å². The lowest BCUT2D eigenvalue weighted by atomic mass is 9.86. The molecule has 0 N–H and O–H groups in total. The third kappa shape index (κ3) is 1.88. The van der Waals surface area contributed by atoms with Crippen molar-refractivity contribution in [2.75, 3.05) is 6.54 Å². The first kappa shape index (κ1) is 12.9. The predicted octanol–water partition coefficient (Wildman–Crippen LogP) is 2.11. The van der Waals surface area contributed by atoms with Gasteiger partial charge < -0.3 is 9.80 Å². The van der Waals surface area contributed by atoms with Crippen LogP contribution in [0.15, 0.2) is 30.3 Å². The van der Waals surface area contributed by atoms with Gasteiger partial charge in [0, 0.05) is 12.6 Å². The lowest BCUT2D eigenvalue weighted by Gasteiger charge is -2.48. The second kappa shape index (κ2) is 4.86. The number of nitrogens with zero attached hydrogens (tertiary/aromatic N) is 2. The van der Waals surface area contributed by atoms with Crippen LogP contribution in [0.4, 0.5) is 0 Å². The predicted molar refractivity (Wildman–Crippen MR) is 78.4 cm³/mol. The maximum absolute atomic E-state index is 12.9. The highest BCUT2D eigenvalue weighted by Crippen LogP contribution is 2.40. The number of carbonyl (C=O) groups is 2. The summed E-state index contributed by atoms with van der Waals surface area (Å²) in [6, 6.07) is 9.44. The topological polar surface area (TPSA) is 40.6 Å². The average molecular weight is 284 g/mol. The molecular weight excluding hydrogens is 264 g/mol. The van der Waals surface area contributed by atoms with Gasteiger partial charge in [0.05, 0.1) is 0 Å². The van der Waals surface area contributed by atoms with Gasteiger partial charge >= 0.3 is 0 Å². The molecule has 1 aliphatic carbocycles. The summed E-state index contributed by atoms with van der Waals surface area (Å²) in [5, 5.41) is 0. The Hall–Kier alpha value is -1.84. The van der Waals surface area contributed by atoms with Crippen molar-refractivity contribution in [1.82, 2.24) is 9.80 Å². The van der Waals surface area contributed by atoms with Crippen molar-refractivity contribution in [3.05, 3.63) is 35.9 Å². The molecule has 2 aliphatic heterocycles. The summed E-state index contributed by atoms with van der Waals surface area (Å²) < 4.78 is 0. The Kier molecular flexibility index (Phi) is 2.98. The minimum Gasteiger partial charge on any atom is -0.329 e. The molecule has 1 aromatic carbocycles. The van der Waals surface area contributed by atoms with E-state index >= 15 is 0 Å². The molecule has 1 aromatic rings. The zero-order chi connectivity index (χ0) is 14.4. The van der Waals surface area contributed by atoms with Crippen molar-refractivity contribution in [3.63, 3.8) is 0 Å². The minimum atomic E-state index is -0.404. The van der Waals surface area contributed by atoms with Crippen LogP contribution < -0.4 is 0 Å². The van der Waals surface area contributed by atoms with Crippen molar-refractivity contribution < 1.29 is 9.59 Å². The third-order valence-electron chi connectivity index (χ3n) is 5.17. The van der Waals surface area contributed by atoms with E-state index in [2.05, 4.69) is 0 Å². The highest BCUT2D eigenvalue weighted by Gasteiger charge is 2.51. The van der Waals surface area contributed by atoms with Crippen molar-refractivity contribution in [1.29, 1.82) is 0 Å². The number of hydrogen-bond acceptors (Lipinski definition) is 2. The van der Waals surface area contributed by atoms with Gasteiger partial charge in [0.2, 0.25) is 5.91 Å². The van der Waals surface area contributed by atoms with Gasteiger partial charge in [-0.25, -0.2) is 0 Å². The number of fused-ring (bicyclic) bond motifs is 1. The molecule has 2 unspecified atom stereocenters. The average Bonchev–Trinajstić information content (AvgIpc) is 2.94. The number of carbonyl (C=O) groups excluding carboxylic acids is 2. The molecule has 0 aromatic heterocycles. The van der Waals surface area contributed by atoms with Gasteiger partial charge in [-0.15, -0.1) is 0 Å². The Balaban J connectivity index is 1.76. The summed E-state index contributed by atoms with van der Waals surface area (Å²) in [6.07, 6.45) is 5.01. The first-order valence-corrected chi connectivity index (χ1v) is 7.95. The monoisotopic (exact) mass is 284 g/mol. The maximum Gasteiger partial charge on any atom is 0.250 e. The molecule has 2 heterocycles. The van der Waals surface area contributed by atoms with Crippen molar-refractivity contribution in [2.24, 2.45) is 0 Å². The molecule has 2 saturated heterocycles. The van der Waals surface area contributed by atoms with E-state index in [1.54, 1.807) is 0 Å². The van der Waals surface area contributed by atoms with E-state index in [1.165, 1.54) is 6.42 Å². The summed E-state index contributed by atoms with van der Waals surface area (Å²) in [5.74, 6) is 0.292. The van der Waals surface area contributed by atoms with Crippen LogP contribution in [-0.2, 0) is 9.59 Å². The summed E-state index contributed by atoms with van der Waals surface area (Å²) in [5.41, 5.74) is 0.952. The molecule has 3 aliphatic rings. The summed E-state index contributed by atoms with van der Waals surface area (Å²) in [4.78, 5) is 29.6. The SMILES string of the molecule is O=C1C(c2ccccc2)N(C2CCC2)C(=O)C2CCCN12. The lowest BCUT2D eigenvalue weighted by Crippen LogP contribution is -2.62. The van der Waals surface area contributed by atoms with Crippen LogP contribution in [0.2, 0.25) is 0 Å². The van der Waals surface area contributed by atoms with Crippen LogP contribution in [-0.4, -0.2) is 40.2 Å². The Labute approximate surface area is 124 Å². The molecule has 110 valence electrons. The molecule has 4 heteroatoms. The number of hydrogen-bond donors (Lipinski definition) is 0. The second-order valence-corrected chi connectivity index (χ2v) is 6.33. The van der Waals surface area contributed by atoms with Crippen molar-refractivity contribution in [3.8, 4) is 0 Å². The van der Waals surface area contributed by atoms with Crippen LogP contribution in [0.25, 0.3) is 0 Å². The number of amides is 2. The fraction of sp³-hybridized carbons (Fsp3) is 0.529. The van der Waals surface area contributed by atoms with Crippen LogP contribution in [0.5, 0.6) is 0 Å². The molecule has 21 heavy (non-hydrogen) atoms. The highest BCUT2D eigenvalue weighted by molar-refractivity contribution is 5.98. The molecule has 1 saturated carbocycles. The summed E-state index contributed by atoms with van der Waals surface area (Å²) >= 11 is 0. The number of piperazine rings is 1. The van der Waals surface area contributed by atoms with Gasteiger partial charge in [0.15, 0.2) is 0 Å². The Bertz CT molecular complexity index is 567. The second-order valence-electron chi connectivity index (χ2n) is 6.33. The first-order chi connectivity index (χ1) is 10.3. The minimum absolute atomic E-state index is 0.121. The van der Waals surface area contributed by atoms with Gasteiger partial charge in [-0.3, -0.25) is 9.59 Å². The van der Waals surface area contributed by atoms with Gasteiger partial charge in [-0.1, -0.05) is 30.3 Å². The molecule has 0 radical (unpaired) electrons. The molecule has 2 amide bonds. The number of rotatable bonds is 2. The summed E-state index contributed by atoms with van der Waals surface area (Å²) in [7, 11) is 0. The van der Waals surface area contributed by atoms with E-state index in [1.807, 2.05) is 40.1 Å². The van der Waals surface area contributed by atoms with Gasteiger partial charge in [-0.2, -0.15) is 0 Å². The quantitative estimate of drug-likeness (QED) is 0.834. The Morgan fingerprint density at radius 1 is 0.905 bits per heavy atom. The van der Waals surface area contributed by atoms with E-state index in [4.69, 9.17) is 0 Å². The van der Waals surface area contributed by atoms with Crippen LogP contribution >= 0.6 is 0 Å². The zero-order valence-electron chi connectivity index (χ0n) is 12.1. The maximum atomic E-state index is 12.9. The first-order valence-electron chi connectivity index (χ1n) is 7.95. The standard InChI is InChI=1S/C17H20N2O2/c20-16-14-10-5-11-18(14)17(21)15(12-6-2-1-3-7-12)19(16)13-8-4-9-13/h1-3,6-7,13-15H,4-5,8-11H2. The zero-order valence-corrected chi connectivity index (χ0v) is 12.1. The molecule has 4 nitrogen and oxygen atoms in total. The molecular formula is C17H20N2O2. The fourth-order valence-corrected chi connectivity index (χ4v) is 3.86. The van der Waals surface area contributed by atoms with E-state index in [9.17, 15) is 9.59 Å². The molecule has 2 atom stereocenters. The number of benzene rings is 1. The smallest absolute Gasteiger partial charge is 0.250 e. The highest BCUT2D eigenvalue weighted by atomic mass is 16.2. The fourth-order valence-electron chi connectivity index (χ4n) is 3.86. The van der Waals surface area contributed by atoms with E-state index in [0.29, 0.717) is 0 Å². The van der Waals surface area contributed by atoms with Gasteiger partial charge in [-0.05, 0) is 37.7 Å². The van der Waals surface area contributed by atoms with Gasteiger partial charge in [0.1, 0.15) is 12.1 Å². The molecule has 0 spiro atoms. The normalized spacial score (nSPS) is 29.5. The van der Waals surface area contributed by atoms with E-state index < -0.39 is 6.04 Å². The van der Waals surface area contributed by atoms with Crippen LogP contribution in [0.1, 0.15) is 43.7 Å². The Morgan fingerprint density at radius 3 is 2.33 bits per heavy atom. The lowest BCUT2D eigenvalue weighted by molar-refractivity contribution is -0.164. The molecule has 4 rings (SSSR count). The Morgan fingerprint density at radius 2 is 1.67 bits per heavy atom. The van der Waals surface area contributed by atoms with E-state index in [0.717, 1.165) is 37.8 Å². The van der Waals surface area contributed by atoms with Crippen molar-refractivity contribution >= 4 is 11.8 Å². The molecule has 0 bridgehead atoms. The molecule has 3 fully saturated rings. The summed E-state index contributed by atoms with van der Waals surface area (Å²) in [6.45, 7) is 0.733. The third-order valence-corrected chi connectivity index (χ3v) is 5.17.